The first-order chi connectivity index (χ1) is 14.7. The van der Waals surface area contributed by atoms with Crippen molar-refractivity contribution in [1.82, 2.24) is 24.9 Å². The lowest BCUT2D eigenvalue weighted by molar-refractivity contribution is -0.122. The highest BCUT2D eigenvalue weighted by Gasteiger charge is 2.47. The minimum Gasteiger partial charge on any atom is -0.369 e. The first kappa shape index (κ1) is 17.0. The highest BCUT2D eigenvalue weighted by atomic mass is 16.1. The molecule has 9 heteroatoms. The van der Waals surface area contributed by atoms with Crippen molar-refractivity contribution < 1.29 is 4.79 Å². The third-order valence-corrected chi connectivity index (χ3v) is 6.19. The number of hydrogen-bond donors (Lipinski definition) is 5. The lowest BCUT2D eigenvalue weighted by Crippen LogP contribution is -2.41. The fraction of sp³-hybridized carbons (Fsp3) is 0.238. The standard InChI is InChI=1S/C21H20N8O/c22-18(30)15-11-1-2-12(7-11)16(15)27-20-17-19(25-9-24-17)28-21(29-20)26-13-3-4-14-10(8-13)5-6-23-14/h1-6,8-9,11-12,15-16,23H,7H2,(H2,22,30)(H3,24,25,26,27,28,29). The normalized spacial score (nSPS) is 24.7. The second-order valence-corrected chi connectivity index (χ2v) is 7.95. The summed E-state index contributed by atoms with van der Waals surface area (Å²) in [6.07, 6.45) is 8.70. The predicted octanol–water partition coefficient (Wildman–Crippen LogP) is 2.67. The van der Waals surface area contributed by atoms with Gasteiger partial charge in [0.1, 0.15) is 5.52 Å². The second kappa shape index (κ2) is 6.31. The molecule has 0 aliphatic heterocycles. The summed E-state index contributed by atoms with van der Waals surface area (Å²) >= 11 is 0. The van der Waals surface area contributed by atoms with E-state index in [1.54, 1.807) is 6.33 Å². The molecule has 1 aromatic carbocycles. The molecular weight excluding hydrogens is 380 g/mol. The zero-order chi connectivity index (χ0) is 20.2. The molecule has 2 aliphatic carbocycles. The van der Waals surface area contributed by atoms with Crippen molar-refractivity contribution in [1.29, 1.82) is 0 Å². The van der Waals surface area contributed by atoms with Gasteiger partial charge < -0.3 is 26.3 Å². The van der Waals surface area contributed by atoms with Crippen LogP contribution >= 0.6 is 0 Å². The van der Waals surface area contributed by atoms with E-state index in [-0.39, 0.29) is 29.7 Å². The first-order valence-electron chi connectivity index (χ1n) is 9.95. The van der Waals surface area contributed by atoms with E-state index in [0.29, 0.717) is 22.9 Å². The number of aromatic amines is 2. The van der Waals surface area contributed by atoms with E-state index in [4.69, 9.17) is 5.73 Å². The van der Waals surface area contributed by atoms with Crippen LogP contribution in [0.25, 0.3) is 22.1 Å². The van der Waals surface area contributed by atoms with E-state index in [0.717, 1.165) is 23.0 Å². The van der Waals surface area contributed by atoms with Gasteiger partial charge in [0.15, 0.2) is 11.5 Å². The molecule has 6 rings (SSSR count). The van der Waals surface area contributed by atoms with Crippen LogP contribution in [0.3, 0.4) is 0 Å². The van der Waals surface area contributed by atoms with E-state index in [1.165, 1.54) is 0 Å². The number of carbonyl (C=O) groups excluding carboxylic acids is 1. The third kappa shape index (κ3) is 2.62. The van der Waals surface area contributed by atoms with Crippen molar-refractivity contribution in [3.05, 3.63) is 48.9 Å². The molecule has 1 amide bonds. The van der Waals surface area contributed by atoms with Gasteiger partial charge in [-0.15, -0.1) is 0 Å². The van der Waals surface area contributed by atoms with E-state index >= 15 is 0 Å². The summed E-state index contributed by atoms with van der Waals surface area (Å²) in [5.41, 5.74) is 8.90. The number of H-pyrrole nitrogens is 2. The maximum atomic E-state index is 12.1. The Kier molecular flexibility index (Phi) is 3.58. The van der Waals surface area contributed by atoms with Crippen molar-refractivity contribution in [2.45, 2.75) is 12.5 Å². The molecule has 3 heterocycles. The Morgan fingerprint density at radius 2 is 2.03 bits per heavy atom. The van der Waals surface area contributed by atoms with Gasteiger partial charge in [-0.2, -0.15) is 9.97 Å². The Labute approximate surface area is 171 Å². The minimum atomic E-state index is -0.280. The summed E-state index contributed by atoms with van der Waals surface area (Å²) < 4.78 is 0. The van der Waals surface area contributed by atoms with Crippen LogP contribution in [0.4, 0.5) is 17.5 Å². The average molecular weight is 400 g/mol. The van der Waals surface area contributed by atoms with Gasteiger partial charge in [0.05, 0.1) is 12.2 Å². The number of nitrogens with zero attached hydrogens (tertiary/aromatic N) is 3. The number of hydrogen-bond acceptors (Lipinski definition) is 6. The van der Waals surface area contributed by atoms with Gasteiger partial charge in [0, 0.05) is 28.8 Å². The Hall–Kier alpha value is -3.88. The van der Waals surface area contributed by atoms with Crippen LogP contribution in [0.15, 0.2) is 48.9 Å². The van der Waals surface area contributed by atoms with Gasteiger partial charge in [-0.3, -0.25) is 4.79 Å². The molecule has 4 atom stereocenters. The van der Waals surface area contributed by atoms with Crippen LogP contribution in [0.5, 0.6) is 0 Å². The number of aromatic nitrogens is 5. The molecule has 4 unspecified atom stereocenters. The van der Waals surface area contributed by atoms with Crippen LogP contribution in [0, 0.1) is 17.8 Å². The number of fused-ring (bicyclic) bond motifs is 4. The quantitative estimate of drug-likeness (QED) is 0.327. The van der Waals surface area contributed by atoms with Crippen molar-refractivity contribution >= 4 is 45.4 Å². The molecule has 9 nitrogen and oxygen atoms in total. The van der Waals surface area contributed by atoms with Crippen LogP contribution in [0.2, 0.25) is 0 Å². The van der Waals surface area contributed by atoms with Crippen LogP contribution in [0.1, 0.15) is 6.42 Å². The number of imidazole rings is 1. The molecule has 0 saturated heterocycles. The minimum absolute atomic E-state index is 0.0945. The predicted molar refractivity (Wildman–Crippen MR) is 114 cm³/mol. The third-order valence-electron chi connectivity index (χ3n) is 6.19. The van der Waals surface area contributed by atoms with Gasteiger partial charge in [0.2, 0.25) is 11.9 Å². The Bertz CT molecular complexity index is 1300. The number of anilines is 3. The summed E-state index contributed by atoms with van der Waals surface area (Å²) in [4.78, 5) is 31.9. The number of carbonyl (C=O) groups is 1. The van der Waals surface area contributed by atoms with Gasteiger partial charge in [-0.1, -0.05) is 12.2 Å². The molecule has 0 spiro atoms. The SMILES string of the molecule is NC(=O)C1C2C=CC(C2)C1Nc1nc(Nc2ccc3[nH]ccc3c2)nc2nc[nH]c12. The molecule has 0 radical (unpaired) electrons. The molecule has 6 N–H and O–H groups in total. The maximum Gasteiger partial charge on any atom is 0.231 e. The van der Waals surface area contributed by atoms with E-state index < -0.39 is 0 Å². The lowest BCUT2D eigenvalue weighted by atomic mass is 9.88. The molecule has 2 aliphatic rings. The highest BCUT2D eigenvalue weighted by Crippen LogP contribution is 2.45. The van der Waals surface area contributed by atoms with Crippen LogP contribution in [-0.4, -0.2) is 36.9 Å². The Morgan fingerprint density at radius 3 is 2.93 bits per heavy atom. The summed E-state index contributed by atoms with van der Waals surface area (Å²) in [6.45, 7) is 0. The molecule has 1 saturated carbocycles. The maximum absolute atomic E-state index is 12.1. The second-order valence-electron chi connectivity index (χ2n) is 7.95. The van der Waals surface area contributed by atoms with E-state index in [9.17, 15) is 4.79 Å². The van der Waals surface area contributed by atoms with Crippen molar-refractivity contribution in [2.24, 2.45) is 23.5 Å². The fourth-order valence-corrected chi connectivity index (χ4v) is 4.82. The summed E-state index contributed by atoms with van der Waals surface area (Å²) in [7, 11) is 0. The molecule has 2 bridgehead atoms. The van der Waals surface area contributed by atoms with E-state index in [2.05, 4.69) is 47.7 Å². The molecule has 30 heavy (non-hydrogen) atoms. The Morgan fingerprint density at radius 1 is 1.13 bits per heavy atom. The van der Waals surface area contributed by atoms with Gasteiger partial charge in [-0.05, 0) is 42.5 Å². The smallest absolute Gasteiger partial charge is 0.231 e. The number of allylic oxidation sites excluding steroid dienone is 1. The Balaban J connectivity index is 1.35. The molecule has 3 aromatic heterocycles. The summed E-state index contributed by atoms with van der Waals surface area (Å²) in [5, 5.41) is 7.83. The van der Waals surface area contributed by atoms with Gasteiger partial charge >= 0.3 is 0 Å². The first-order valence-corrected chi connectivity index (χ1v) is 9.95. The lowest BCUT2D eigenvalue weighted by Gasteiger charge is -2.27. The largest absolute Gasteiger partial charge is 0.369 e. The number of nitrogens with two attached hydrogens (primary N) is 1. The number of nitrogens with one attached hydrogen (secondary N) is 4. The number of benzene rings is 1. The molecule has 1 fully saturated rings. The summed E-state index contributed by atoms with van der Waals surface area (Å²) in [5.74, 6) is 0.960. The number of rotatable bonds is 5. The zero-order valence-corrected chi connectivity index (χ0v) is 16.0. The van der Waals surface area contributed by atoms with Crippen LogP contribution in [-0.2, 0) is 4.79 Å². The van der Waals surface area contributed by atoms with Gasteiger partial charge in [0.25, 0.3) is 0 Å². The van der Waals surface area contributed by atoms with E-state index in [1.807, 2.05) is 30.5 Å². The highest BCUT2D eigenvalue weighted by molar-refractivity contribution is 5.87. The summed E-state index contributed by atoms with van der Waals surface area (Å²) in [6, 6.07) is 7.92. The van der Waals surface area contributed by atoms with Crippen molar-refractivity contribution in [3.63, 3.8) is 0 Å². The molecular formula is C21H20N8O. The van der Waals surface area contributed by atoms with Crippen molar-refractivity contribution in [2.75, 3.05) is 10.6 Å². The molecule has 4 aromatic rings. The average Bonchev–Trinajstić information content (AvgIpc) is 3.50. The van der Waals surface area contributed by atoms with Gasteiger partial charge in [-0.25, -0.2) is 4.98 Å². The number of primary amides is 1. The monoisotopic (exact) mass is 400 g/mol. The fourth-order valence-electron chi connectivity index (χ4n) is 4.82. The topological polar surface area (TPSA) is 137 Å². The zero-order valence-electron chi connectivity index (χ0n) is 16.0. The number of amides is 1. The van der Waals surface area contributed by atoms with Crippen molar-refractivity contribution in [3.8, 4) is 0 Å². The molecule has 150 valence electrons. The van der Waals surface area contributed by atoms with Crippen LogP contribution < -0.4 is 16.4 Å².